The van der Waals surface area contributed by atoms with Crippen LogP contribution < -0.4 is 11.1 Å². The Morgan fingerprint density at radius 3 is 2.57 bits per heavy atom. The number of nitrogens with zero attached hydrogens (tertiary/aromatic N) is 2. The predicted molar refractivity (Wildman–Crippen MR) is 92.1 cm³/mol. The largest absolute Gasteiger partial charge is 0.379 e. The van der Waals surface area contributed by atoms with Crippen molar-refractivity contribution in [3.8, 4) is 0 Å². The Morgan fingerprint density at radius 2 is 1.96 bits per heavy atom. The third-order valence-corrected chi connectivity index (χ3v) is 5.48. The second-order valence-corrected chi connectivity index (χ2v) is 7.36. The summed E-state index contributed by atoms with van der Waals surface area (Å²) < 4.78 is 30.9. The quantitative estimate of drug-likeness (QED) is 0.585. The van der Waals surface area contributed by atoms with Crippen molar-refractivity contribution in [2.75, 3.05) is 43.9 Å². The van der Waals surface area contributed by atoms with E-state index in [2.05, 4.69) is 17.2 Å². The highest BCUT2D eigenvalue weighted by Crippen LogP contribution is 2.09. The highest BCUT2D eigenvalue weighted by atomic mass is 32.2. The summed E-state index contributed by atoms with van der Waals surface area (Å²) in [6.45, 7) is 3.92. The number of hydrogen-bond donors (Lipinski definition) is 2. The Labute approximate surface area is 137 Å². The van der Waals surface area contributed by atoms with E-state index in [1.807, 2.05) is 24.3 Å². The van der Waals surface area contributed by atoms with E-state index in [1.54, 1.807) is 0 Å². The molecule has 1 aromatic carbocycles. The van der Waals surface area contributed by atoms with Gasteiger partial charge in [-0.15, -0.1) is 0 Å². The van der Waals surface area contributed by atoms with E-state index in [0.717, 1.165) is 12.1 Å². The maximum Gasteiger partial charge on any atom is 0.216 e. The fourth-order valence-electron chi connectivity index (χ4n) is 2.25. The van der Waals surface area contributed by atoms with Gasteiger partial charge in [0, 0.05) is 18.8 Å². The van der Waals surface area contributed by atoms with Gasteiger partial charge in [0.05, 0.1) is 25.5 Å². The number of sulfonamides is 1. The van der Waals surface area contributed by atoms with E-state index in [-0.39, 0.29) is 18.3 Å². The Bertz CT molecular complexity index is 623. The summed E-state index contributed by atoms with van der Waals surface area (Å²) in [6.07, 6.45) is 0.975. The summed E-state index contributed by atoms with van der Waals surface area (Å²) in [4.78, 5) is 4.09. The SMILES string of the molecule is CCc1ccc(NC(N)=NCCS(=O)(=O)N2CCOCC2)cc1. The molecule has 2 rings (SSSR count). The van der Waals surface area contributed by atoms with Gasteiger partial charge in [0.25, 0.3) is 0 Å². The van der Waals surface area contributed by atoms with Gasteiger partial charge in [-0.1, -0.05) is 19.1 Å². The number of hydrogen-bond acceptors (Lipinski definition) is 4. The molecular weight excluding hydrogens is 316 g/mol. The summed E-state index contributed by atoms with van der Waals surface area (Å²) in [5, 5.41) is 2.96. The molecule has 3 N–H and O–H groups in total. The van der Waals surface area contributed by atoms with Crippen LogP contribution in [0, 0.1) is 0 Å². The van der Waals surface area contributed by atoms with Crippen molar-refractivity contribution in [1.82, 2.24) is 4.31 Å². The van der Waals surface area contributed by atoms with Gasteiger partial charge in [0.1, 0.15) is 0 Å². The molecule has 1 heterocycles. The number of nitrogens with two attached hydrogens (primary N) is 1. The minimum Gasteiger partial charge on any atom is -0.379 e. The molecule has 23 heavy (non-hydrogen) atoms. The van der Waals surface area contributed by atoms with Crippen LogP contribution in [0.4, 0.5) is 5.69 Å². The molecule has 0 bridgehead atoms. The van der Waals surface area contributed by atoms with Crippen molar-refractivity contribution in [2.45, 2.75) is 13.3 Å². The highest BCUT2D eigenvalue weighted by molar-refractivity contribution is 7.89. The number of nitrogens with one attached hydrogen (secondary N) is 1. The summed E-state index contributed by atoms with van der Waals surface area (Å²) in [5.41, 5.74) is 7.87. The van der Waals surface area contributed by atoms with Crippen LogP contribution >= 0.6 is 0 Å². The number of anilines is 1. The monoisotopic (exact) mass is 340 g/mol. The number of ether oxygens (including phenoxy) is 1. The number of morpholine rings is 1. The van der Waals surface area contributed by atoms with E-state index < -0.39 is 10.0 Å². The van der Waals surface area contributed by atoms with Gasteiger partial charge in [-0.3, -0.25) is 4.99 Å². The van der Waals surface area contributed by atoms with Crippen LogP contribution in [-0.4, -0.2) is 57.3 Å². The van der Waals surface area contributed by atoms with Crippen molar-refractivity contribution in [3.05, 3.63) is 29.8 Å². The van der Waals surface area contributed by atoms with Gasteiger partial charge in [-0.05, 0) is 24.1 Å². The standard InChI is InChI=1S/C15H24N4O3S/c1-2-13-3-5-14(6-4-13)18-15(16)17-7-12-23(20,21)19-8-10-22-11-9-19/h3-6H,2,7-12H2,1H3,(H3,16,17,18). The molecule has 1 fully saturated rings. The average Bonchev–Trinajstić information content (AvgIpc) is 2.56. The summed E-state index contributed by atoms with van der Waals surface area (Å²) in [6, 6.07) is 7.87. The molecule has 0 aliphatic carbocycles. The molecule has 1 aliphatic heterocycles. The van der Waals surface area contributed by atoms with E-state index in [1.165, 1.54) is 9.87 Å². The predicted octanol–water partition coefficient (Wildman–Crippen LogP) is 0.638. The Kier molecular flexibility index (Phi) is 6.37. The fraction of sp³-hybridized carbons (Fsp3) is 0.533. The van der Waals surface area contributed by atoms with Crippen molar-refractivity contribution in [2.24, 2.45) is 10.7 Å². The Hall–Kier alpha value is -1.64. The van der Waals surface area contributed by atoms with E-state index >= 15 is 0 Å². The molecular formula is C15H24N4O3S. The van der Waals surface area contributed by atoms with Crippen LogP contribution in [0.15, 0.2) is 29.3 Å². The maximum atomic E-state index is 12.1. The molecule has 0 aromatic heterocycles. The van der Waals surface area contributed by atoms with Crippen LogP contribution in [-0.2, 0) is 21.2 Å². The van der Waals surface area contributed by atoms with Crippen LogP contribution in [0.5, 0.6) is 0 Å². The van der Waals surface area contributed by atoms with Crippen molar-refractivity contribution in [1.29, 1.82) is 0 Å². The summed E-state index contributed by atoms with van der Waals surface area (Å²) in [5.74, 6) is 0.163. The number of benzene rings is 1. The number of guanidine groups is 1. The molecule has 1 saturated heterocycles. The first-order chi connectivity index (χ1) is 11.0. The van der Waals surface area contributed by atoms with Crippen LogP contribution in [0.1, 0.15) is 12.5 Å². The number of rotatable bonds is 6. The van der Waals surface area contributed by atoms with Gasteiger partial charge >= 0.3 is 0 Å². The Morgan fingerprint density at radius 1 is 1.30 bits per heavy atom. The lowest BCUT2D eigenvalue weighted by Crippen LogP contribution is -2.42. The average molecular weight is 340 g/mol. The summed E-state index contributed by atoms with van der Waals surface area (Å²) in [7, 11) is -3.30. The minimum absolute atomic E-state index is 0.0514. The lowest BCUT2D eigenvalue weighted by atomic mass is 10.1. The third kappa shape index (κ3) is 5.49. The Balaban J connectivity index is 1.83. The smallest absolute Gasteiger partial charge is 0.216 e. The molecule has 0 radical (unpaired) electrons. The normalized spacial score (nSPS) is 17.2. The van der Waals surface area contributed by atoms with E-state index in [4.69, 9.17) is 10.5 Å². The lowest BCUT2D eigenvalue weighted by molar-refractivity contribution is 0.0731. The summed E-state index contributed by atoms with van der Waals surface area (Å²) >= 11 is 0. The van der Waals surface area contributed by atoms with Crippen LogP contribution in [0.25, 0.3) is 0 Å². The second-order valence-electron chi connectivity index (χ2n) is 5.27. The molecule has 1 aliphatic rings. The second kappa shape index (κ2) is 8.28. The van der Waals surface area contributed by atoms with Crippen LogP contribution in [0.2, 0.25) is 0 Å². The maximum absolute atomic E-state index is 12.1. The molecule has 8 heteroatoms. The number of aliphatic imine (C=N–C) groups is 1. The molecule has 128 valence electrons. The van der Waals surface area contributed by atoms with E-state index in [9.17, 15) is 8.42 Å². The third-order valence-electron chi connectivity index (χ3n) is 3.63. The van der Waals surface area contributed by atoms with Gasteiger partial charge in [0.15, 0.2) is 5.96 Å². The van der Waals surface area contributed by atoms with Gasteiger partial charge < -0.3 is 15.8 Å². The molecule has 0 amide bonds. The molecule has 0 unspecified atom stereocenters. The van der Waals surface area contributed by atoms with Crippen molar-refractivity contribution in [3.63, 3.8) is 0 Å². The minimum atomic E-state index is -3.30. The van der Waals surface area contributed by atoms with Crippen molar-refractivity contribution >= 4 is 21.7 Å². The zero-order valence-corrected chi connectivity index (χ0v) is 14.2. The first-order valence-electron chi connectivity index (χ1n) is 7.72. The molecule has 0 spiro atoms. The van der Waals surface area contributed by atoms with Crippen LogP contribution in [0.3, 0.4) is 0 Å². The molecule has 0 saturated carbocycles. The fourth-order valence-corrected chi connectivity index (χ4v) is 3.53. The lowest BCUT2D eigenvalue weighted by Gasteiger charge is -2.25. The van der Waals surface area contributed by atoms with Gasteiger partial charge in [0.2, 0.25) is 10.0 Å². The van der Waals surface area contributed by atoms with Gasteiger partial charge in [-0.25, -0.2) is 8.42 Å². The molecule has 0 atom stereocenters. The zero-order valence-electron chi connectivity index (χ0n) is 13.4. The first kappa shape index (κ1) is 17.7. The number of aryl methyl sites for hydroxylation is 1. The van der Waals surface area contributed by atoms with Crippen molar-refractivity contribution < 1.29 is 13.2 Å². The highest BCUT2D eigenvalue weighted by Gasteiger charge is 2.23. The topological polar surface area (TPSA) is 97.0 Å². The molecule has 1 aromatic rings. The zero-order chi connectivity index (χ0) is 16.7. The van der Waals surface area contributed by atoms with E-state index in [0.29, 0.717) is 26.3 Å². The first-order valence-corrected chi connectivity index (χ1v) is 9.33. The molecule has 7 nitrogen and oxygen atoms in total. The van der Waals surface area contributed by atoms with Gasteiger partial charge in [-0.2, -0.15) is 4.31 Å².